The molecule has 0 unspecified atom stereocenters. The second-order valence-corrected chi connectivity index (χ2v) is 8.94. The standard InChI is InChI=1S/C18H41N2O3P/c1-7-9-11-13-19-17(3,4)15-22-24(21)23-16-18(5,6)20-14-12-10-8-2/h19-20,24H,7-16H2,1-6H3. The maximum Gasteiger partial charge on any atom is 0.319 e. The molecule has 0 aromatic rings. The molecule has 0 bridgehead atoms. The van der Waals surface area contributed by atoms with Gasteiger partial charge in [0.1, 0.15) is 0 Å². The van der Waals surface area contributed by atoms with Gasteiger partial charge in [-0.25, -0.2) is 0 Å². The van der Waals surface area contributed by atoms with Gasteiger partial charge in [0.2, 0.25) is 0 Å². The van der Waals surface area contributed by atoms with Crippen molar-refractivity contribution in [2.45, 2.75) is 91.1 Å². The van der Waals surface area contributed by atoms with Crippen molar-refractivity contribution in [2.75, 3.05) is 26.3 Å². The molecule has 0 fully saturated rings. The lowest BCUT2D eigenvalue weighted by atomic mass is 10.1. The zero-order chi connectivity index (χ0) is 18.5. The Kier molecular flexibility index (Phi) is 13.3. The number of nitrogens with one attached hydrogen (secondary N) is 2. The quantitative estimate of drug-likeness (QED) is 0.311. The molecule has 0 heterocycles. The van der Waals surface area contributed by atoms with E-state index < -0.39 is 8.25 Å². The van der Waals surface area contributed by atoms with Gasteiger partial charge in [-0.15, -0.1) is 0 Å². The van der Waals surface area contributed by atoms with Gasteiger partial charge in [0.25, 0.3) is 0 Å². The third-order valence-corrected chi connectivity index (χ3v) is 4.63. The van der Waals surface area contributed by atoms with Gasteiger partial charge in [-0.1, -0.05) is 39.5 Å². The van der Waals surface area contributed by atoms with E-state index in [0.29, 0.717) is 13.2 Å². The fourth-order valence-corrected chi connectivity index (χ4v) is 3.27. The van der Waals surface area contributed by atoms with Crippen LogP contribution in [0, 0.1) is 0 Å². The van der Waals surface area contributed by atoms with Crippen LogP contribution in [0.15, 0.2) is 0 Å². The van der Waals surface area contributed by atoms with Gasteiger partial charge in [0.15, 0.2) is 0 Å². The lowest BCUT2D eigenvalue weighted by molar-refractivity contribution is 0.149. The fourth-order valence-electron chi connectivity index (χ4n) is 2.23. The summed E-state index contributed by atoms with van der Waals surface area (Å²) < 4.78 is 22.8. The van der Waals surface area contributed by atoms with Crippen LogP contribution in [0.3, 0.4) is 0 Å². The van der Waals surface area contributed by atoms with Crippen molar-refractivity contribution < 1.29 is 13.6 Å². The smallest absolute Gasteiger partial charge is 0.310 e. The van der Waals surface area contributed by atoms with Gasteiger partial charge >= 0.3 is 8.25 Å². The van der Waals surface area contributed by atoms with Crippen LogP contribution in [0.5, 0.6) is 0 Å². The van der Waals surface area contributed by atoms with E-state index in [0.717, 1.165) is 25.9 Å². The minimum Gasteiger partial charge on any atom is -0.310 e. The molecule has 0 rings (SSSR count). The summed E-state index contributed by atoms with van der Waals surface area (Å²) in [5, 5.41) is 6.89. The highest BCUT2D eigenvalue weighted by atomic mass is 31.1. The van der Waals surface area contributed by atoms with Crippen molar-refractivity contribution >= 4 is 8.25 Å². The highest BCUT2D eigenvalue weighted by Crippen LogP contribution is 2.27. The molecule has 0 aliphatic heterocycles. The summed E-state index contributed by atoms with van der Waals surface area (Å²) in [5.41, 5.74) is -0.378. The molecule has 0 aliphatic carbocycles. The van der Waals surface area contributed by atoms with Crippen LogP contribution in [0.25, 0.3) is 0 Å². The first kappa shape index (κ1) is 24.1. The minimum atomic E-state index is -2.45. The van der Waals surface area contributed by atoms with Crippen molar-refractivity contribution in [3.05, 3.63) is 0 Å². The van der Waals surface area contributed by atoms with E-state index in [-0.39, 0.29) is 11.1 Å². The van der Waals surface area contributed by atoms with Crippen molar-refractivity contribution in [2.24, 2.45) is 0 Å². The average Bonchev–Trinajstić information content (AvgIpc) is 2.52. The predicted molar refractivity (Wildman–Crippen MR) is 104 cm³/mol. The van der Waals surface area contributed by atoms with E-state index in [9.17, 15) is 4.57 Å². The molecule has 24 heavy (non-hydrogen) atoms. The zero-order valence-electron chi connectivity index (χ0n) is 16.8. The Morgan fingerprint density at radius 3 is 1.46 bits per heavy atom. The van der Waals surface area contributed by atoms with Crippen LogP contribution in [0.2, 0.25) is 0 Å². The Morgan fingerprint density at radius 1 is 0.750 bits per heavy atom. The molecular formula is C18H41N2O3P. The third-order valence-electron chi connectivity index (χ3n) is 3.87. The Hall–Kier alpha value is 0.0700. The molecule has 0 radical (unpaired) electrons. The second kappa shape index (κ2) is 13.3. The average molecular weight is 365 g/mol. The lowest BCUT2D eigenvalue weighted by Crippen LogP contribution is -2.44. The first-order valence-corrected chi connectivity index (χ1v) is 10.7. The molecular weight excluding hydrogens is 323 g/mol. The first-order valence-electron chi connectivity index (χ1n) is 9.52. The van der Waals surface area contributed by atoms with Crippen LogP contribution in [-0.4, -0.2) is 37.4 Å². The van der Waals surface area contributed by atoms with Gasteiger partial charge in [0.05, 0.1) is 13.2 Å². The van der Waals surface area contributed by atoms with E-state index in [1.165, 1.54) is 25.7 Å². The van der Waals surface area contributed by atoms with Gasteiger partial charge < -0.3 is 19.7 Å². The van der Waals surface area contributed by atoms with Crippen molar-refractivity contribution in [3.8, 4) is 0 Å². The van der Waals surface area contributed by atoms with Crippen LogP contribution >= 0.6 is 8.25 Å². The van der Waals surface area contributed by atoms with Crippen molar-refractivity contribution in [1.82, 2.24) is 10.6 Å². The fraction of sp³-hybridized carbons (Fsp3) is 1.00. The zero-order valence-corrected chi connectivity index (χ0v) is 17.8. The summed E-state index contributed by atoms with van der Waals surface area (Å²) in [7, 11) is -2.45. The topological polar surface area (TPSA) is 59.6 Å². The summed E-state index contributed by atoms with van der Waals surface area (Å²) in [4.78, 5) is 0. The molecule has 0 atom stereocenters. The van der Waals surface area contributed by atoms with E-state index in [1.807, 2.05) is 0 Å². The summed E-state index contributed by atoms with van der Waals surface area (Å²) in [6.45, 7) is 15.3. The highest BCUT2D eigenvalue weighted by Gasteiger charge is 2.21. The van der Waals surface area contributed by atoms with Crippen LogP contribution in [0.1, 0.15) is 80.1 Å². The predicted octanol–water partition coefficient (Wildman–Crippen LogP) is 4.53. The normalized spacial score (nSPS) is 13.0. The molecule has 146 valence electrons. The Morgan fingerprint density at radius 2 is 1.12 bits per heavy atom. The second-order valence-electron chi connectivity index (χ2n) is 7.86. The third kappa shape index (κ3) is 14.4. The number of rotatable bonds is 16. The van der Waals surface area contributed by atoms with Crippen LogP contribution < -0.4 is 10.6 Å². The van der Waals surface area contributed by atoms with E-state index in [1.54, 1.807) is 0 Å². The summed E-state index contributed by atoms with van der Waals surface area (Å²) in [5.74, 6) is 0. The summed E-state index contributed by atoms with van der Waals surface area (Å²) in [6.07, 6.45) is 7.19. The van der Waals surface area contributed by atoms with Crippen LogP contribution in [-0.2, 0) is 13.6 Å². The molecule has 5 nitrogen and oxygen atoms in total. The molecule has 0 saturated carbocycles. The molecule has 0 amide bonds. The van der Waals surface area contributed by atoms with Gasteiger partial charge in [-0.2, -0.15) is 0 Å². The lowest BCUT2D eigenvalue weighted by Gasteiger charge is -2.28. The Labute approximate surface area is 150 Å². The molecule has 0 aliphatic rings. The molecule has 0 aromatic heterocycles. The van der Waals surface area contributed by atoms with Crippen LogP contribution in [0.4, 0.5) is 0 Å². The maximum atomic E-state index is 12.0. The van der Waals surface area contributed by atoms with E-state index in [2.05, 4.69) is 52.2 Å². The monoisotopic (exact) mass is 364 g/mol. The first-order chi connectivity index (χ1) is 11.2. The molecule has 0 spiro atoms. The molecule has 0 saturated heterocycles. The highest BCUT2D eigenvalue weighted by molar-refractivity contribution is 7.33. The number of unbranched alkanes of at least 4 members (excludes halogenated alkanes) is 4. The molecule has 6 heteroatoms. The Bertz CT molecular complexity index is 306. The number of hydrogen-bond acceptors (Lipinski definition) is 5. The van der Waals surface area contributed by atoms with E-state index >= 15 is 0 Å². The van der Waals surface area contributed by atoms with Gasteiger partial charge in [0, 0.05) is 11.1 Å². The van der Waals surface area contributed by atoms with Crippen molar-refractivity contribution in [3.63, 3.8) is 0 Å². The largest absolute Gasteiger partial charge is 0.319 e. The maximum absolute atomic E-state index is 12.0. The molecule has 0 aromatic carbocycles. The summed E-state index contributed by atoms with van der Waals surface area (Å²) >= 11 is 0. The van der Waals surface area contributed by atoms with Gasteiger partial charge in [-0.3, -0.25) is 4.57 Å². The minimum absolute atomic E-state index is 0.189. The van der Waals surface area contributed by atoms with E-state index in [4.69, 9.17) is 9.05 Å². The molecule has 2 N–H and O–H groups in total. The summed E-state index contributed by atoms with van der Waals surface area (Å²) in [6, 6.07) is 0. The van der Waals surface area contributed by atoms with Gasteiger partial charge in [-0.05, 0) is 53.6 Å². The van der Waals surface area contributed by atoms with Crippen molar-refractivity contribution in [1.29, 1.82) is 0 Å². The SMILES string of the molecule is CCCCCNC(C)(C)CO[PH](=O)OCC(C)(C)NCCCCC. The Balaban J connectivity index is 3.90. The number of hydrogen-bond donors (Lipinski definition) is 2.